The molecule has 0 radical (unpaired) electrons. The zero-order valence-electron chi connectivity index (χ0n) is 10.3. The monoisotopic (exact) mass is 303 g/mol. The number of aryl methyl sites for hydroxylation is 2. The van der Waals surface area contributed by atoms with Crippen molar-refractivity contribution in [1.82, 2.24) is 0 Å². The number of carbonyl (C=O) groups is 1. The lowest BCUT2D eigenvalue weighted by atomic mass is 9.96. The SMILES string of the molecule is Cc1cc(C(=O)c2ccc(Br)cc2)c(C)cc1N. The Morgan fingerprint density at radius 3 is 2.28 bits per heavy atom. The van der Waals surface area contributed by atoms with E-state index < -0.39 is 0 Å². The lowest BCUT2D eigenvalue weighted by molar-refractivity contribution is 0.103. The first-order valence-corrected chi connectivity index (χ1v) is 6.45. The van der Waals surface area contributed by atoms with Gasteiger partial charge in [-0.3, -0.25) is 4.79 Å². The van der Waals surface area contributed by atoms with E-state index >= 15 is 0 Å². The fourth-order valence-corrected chi connectivity index (χ4v) is 2.10. The quantitative estimate of drug-likeness (QED) is 0.676. The van der Waals surface area contributed by atoms with Crippen molar-refractivity contribution in [2.24, 2.45) is 0 Å². The van der Waals surface area contributed by atoms with E-state index in [1.165, 1.54) is 0 Å². The van der Waals surface area contributed by atoms with Crippen LogP contribution in [0.15, 0.2) is 40.9 Å². The van der Waals surface area contributed by atoms with Gasteiger partial charge in [0.1, 0.15) is 0 Å². The van der Waals surface area contributed by atoms with E-state index in [9.17, 15) is 4.79 Å². The molecule has 18 heavy (non-hydrogen) atoms. The molecule has 2 aromatic rings. The van der Waals surface area contributed by atoms with Gasteiger partial charge in [-0.25, -0.2) is 0 Å². The van der Waals surface area contributed by atoms with Crippen LogP contribution in [0.2, 0.25) is 0 Å². The summed E-state index contributed by atoms with van der Waals surface area (Å²) in [5.74, 6) is 0.0306. The fraction of sp³-hybridized carbons (Fsp3) is 0.133. The van der Waals surface area contributed by atoms with Gasteiger partial charge in [-0.05, 0) is 61.4 Å². The largest absolute Gasteiger partial charge is 0.399 e. The number of carbonyl (C=O) groups excluding carboxylic acids is 1. The van der Waals surface area contributed by atoms with Crippen LogP contribution < -0.4 is 5.73 Å². The van der Waals surface area contributed by atoms with Crippen molar-refractivity contribution in [3.8, 4) is 0 Å². The maximum Gasteiger partial charge on any atom is 0.193 e. The van der Waals surface area contributed by atoms with Crippen LogP contribution in [0.5, 0.6) is 0 Å². The normalized spacial score (nSPS) is 10.4. The summed E-state index contributed by atoms with van der Waals surface area (Å²) in [5, 5.41) is 0. The molecule has 0 aliphatic carbocycles. The molecule has 0 aliphatic rings. The van der Waals surface area contributed by atoms with Gasteiger partial charge >= 0.3 is 0 Å². The van der Waals surface area contributed by atoms with Gasteiger partial charge in [-0.2, -0.15) is 0 Å². The molecule has 0 aliphatic heterocycles. The van der Waals surface area contributed by atoms with Gasteiger partial charge < -0.3 is 5.73 Å². The number of ketones is 1. The van der Waals surface area contributed by atoms with Gasteiger partial charge in [0.05, 0.1) is 0 Å². The standard InChI is InChI=1S/C15H14BrNO/c1-9-8-14(17)10(2)7-13(9)15(18)11-3-5-12(16)6-4-11/h3-8H,17H2,1-2H3. The maximum atomic E-state index is 12.4. The first-order valence-electron chi connectivity index (χ1n) is 5.66. The number of hydrogen-bond donors (Lipinski definition) is 1. The number of nitrogen functional groups attached to an aromatic ring is 1. The molecule has 0 fully saturated rings. The number of hydrogen-bond acceptors (Lipinski definition) is 2. The number of rotatable bonds is 2. The van der Waals surface area contributed by atoms with E-state index in [1.54, 1.807) is 0 Å². The van der Waals surface area contributed by atoms with Crippen LogP contribution in [0.3, 0.4) is 0 Å². The minimum absolute atomic E-state index is 0.0306. The van der Waals surface area contributed by atoms with Crippen LogP contribution >= 0.6 is 15.9 Å². The third-order valence-corrected chi connectivity index (χ3v) is 3.49. The summed E-state index contributed by atoms with van der Waals surface area (Å²) in [4.78, 5) is 12.4. The Morgan fingerprint density at radius 1 is 1.06 bits per heavy atom. The highest BCUT2D eigenvalue weighted by Crippen LogP contribution is 2.21. The zero-order valence-corrected chi connectivity index (χ0v) is 11.9. The van der Waals surface area contributed by atoms with Gasteiger partial charge in [-0.15, -0.1) is 0 Å². The van der Waals surface area contributed by atoms with Crippen molar-refractivity contribution in [3.63, 3.8) is 0 Å². The second-order valence-corrected chi connectivity index (χ2v) is 5.28. The highest BCUT2D eigenvalue weighted by atomic mass is 79.9. The minimum atomic E-state index is 0.0306. The molecule has 0 saturated heterocycles. The molecule has 0 bridgehead atoms. The summed E-state index contributed by atoms with van der Waals surface area (Å²) in [6, 6.07) is 11.1. The summed E-state index contributed by atoms with van der Waals surface area (Å²) in [7, 11) is 0. The molecule has 2 aromatic carbocycles. The second-order valence-electron chi connectivity index (χ2n) is 4.36. The van der Waals surface area contributed by atoms with Crippen molar-refractivity contribution in [2.75, 3.05) is 5.73 Å². The molecule has 0 aromatic heterocycles. The minimum Gasteiger partial charge on any atom is -0.399 e. The van der Waals surface area contributed by atoms with Crippen LogP contribution in [-0.2, 0) is 0 Å². The fourth-order valence-electron chi connectivity index (χ4n) is 1.84. The molecule has 0 unspecified atom stereocenters. The second kappa shape index (κ2) is 4.94. The van der Waals surface area contributed by atoms with E-state index in [0.717, 1.165) is 21.3 Å². The number of anilines is 1. The van der Waals surface area contributed by atoms with E-state index in [1.807, 2.05) is 50.2 Å². The first-order chi connectivity index (χ1) is 8.49. The molecule has 0 amide bonds. The number of nitrogens with two attached hydrogens (primary N) is 1. The van der Waals surface area contributed by atoms with Gasteiger partial charge in [0.15, 0.2) is 5.78 Å². The third-order valence-electron chi connectivity index (χ3n) is 2.96. The molecular weight excluding hydrogens is 290 g/mol. The van der Waals surface area contributed by atoms with Gasteiger partial charge in [0.2, 0.25) is 0 Å². The Morgan fingerprint density at radius 2 is 1.67 bits per heavy atom. The zero-order chi connectivity index (χ0) is 13.3. The van der Waals surface area contributed by atoms with Crippen LogP contribution in [0.4, 0.5) is 5.69 Å². The Kier molecular flexibility index (Phi) is 3.53. The van der Waals surface area contributed by atoms with Crippen LogP contribution in [0.1, 0.15) is 27.0 Å². The van der Waals surface area contributed by atoms with Crippen LogP contribution in [-0.4, -0.2) is 5.78 Å². The van der Waals surface area contributed by atoms with Crippen molar-refractivity contribution in [1.29, 1.82) is 0 Å². The molecule has 3 heteroatoms. The molecule has 0 atom stereocenters. The van der Waals surface area contributed by atoms with Crippen molar-refractivity contribution in [3.05, 3.63) is 63.1 Å². The molecular formula is C15H14BrNO. The first kappa shape index (κ1) is 12.8. The molecule has 92 valence electrons. The Hall–Kier alpha value is -1.61. The summed E-state index contributed by atoms with van der Waals surface area (Å²) in [6.45, 7) is 3.81. The average Bonchev–Trinajstić information content (AvgIpc) is 2.34. The molecule has 0 saturated carbocycles. The number of benzene rings is 2. The van der Waals surface area contributed by atoms with Crippen molar-refractivity contribution >= 4 is 27.4 Å². The topological polar surface area (TPSA) is 43.1 Å². The summed E-state index contributed by atoms with van der Waals surface area (Å²) in [5.41, 5.74) is 9.79. The van der Waals surface area contributed by atoms with Crippen LogP contribution in [0, 0.1) is 13.8 Å². The molecule has 2 rings (SSSR count). The van der Waals surface area contributed by atoms with E-state index in [4.69, 9.17) is 5.73 Å². The van der Waals surface area contributed by atoms with E-state index in [2.05, 4.69) is 15.9 Å². The highest BCUT2D eigenvalue weighted by molar-refractivity contribution is 9.10. The number of halogens is 1. The summed E-state index contributed by atoms with van der Waals surface area (Å²) in [6.07, 6.45) is 0. The van der Waals surface area contributed by atoms with E-state index in [0.29, 0.717) is 11.1 Å². The Bertz CT molecular complexity index is 603. The van der Waals surface area contributed by atoms with Gasteiger partial charge in [0, 0.05) is 21.3 Å². The molecule has 0 heterocycles. The Labute approximate surface area is 115 Å². The summed E-state index contributed by atoms with van der Waals surface area (Å²) >= 11 is 3.36. The molecule has 0 spiro atoms. The lowest BCUT2D eigenvalue weighted by Crippen LogP contribution is -2.05. The van der Waals surface area contributed by atoms with Crippen molar-refractivity contribution in [2.45, 2.75) is 13.8 Å². The highest BCUT2D eigenvalue weighted by Gasteiger charge is 2.13. The Balaban J connectivity index is 2.46. The van der Waals surface area contributed by atoms with Gasteiger partial charge in [-0.1, -0.05) is 15.9 Å². The average molecular weight is 304 g/mol. The molecule has 2 N–H and O–H groups in total. The summed E-state index contributed by atoms with van der Waals surface area (Å²) < 4.78 is 0.962. The third kappa shape index (κ3) is 2.46. The molecule has 2 nitrogen and oxygen atoms in total. The van der Waals surface area contributed by atoms with Crippen molar-refractivity contribution < 1.29 is 4.79 Å². The van der Waals surface area contributed by atoms with Crippen LogP contribution in [0.25, 0.3) is 0 Å². The smallest absolute Gasteiger partial charge is 0.193 e. The predicted octanol–water partition coefficient (Wildman–Crippen LogP) is 3.88. The van der Waals surface area contributed by atoms with Gasteiger partial charge in [0.25, 0.3) is 0 Å². The maximum absolute atomic E-state index is 12.4. The van der Waals surface area contributed by atoms with E-state index in [-0.39, 0.29) is 5.78 Å². The predicted molar refractivity (Wildman–Crippen MR) is 77.9 cm³/mol. The lowest BCUT2D eigenvalue weighted by Gasteiger charge is -2.09.